The molecule has 34 heavy (non-hydrogen) atoms. The van der Waals surface area contributed by atoms with Gasteiger partial charge < -0.3 is 15.5 Å². The van der Waals surface area contributed by atoms with Crippen LogP contribution in [0.15, 0.2) is 29.8 Å². The quantitative estimate of drug-likeness (QED) is 0.599. The van der Waals surface area contributed by atoms with Crippen molar-refractivity contribution in [3.63, 3.8) is 0 Å². The lowest BCUT2D eigenvalue weighted by atomic mass is 9.84. The summed E-state index contributed by atoms with van der Waals surface area (Å²) in [4.78, 5) is 34.1. The van der Waals surface area contributed by atoms with Gasteiger partial charge in [0.25, 0.3) is 0 Å². The zero-order chi connectivity index (χ0) is 25.3. The third kappa shape index (κ3) is 6.25. The molecular weight excluding hydrogens is 444 g/mol. The summed E-state index contributed by atoms with van der Waals surface area (Å²) in [6.45, 7) is 17.0. The van der Waals surface area contributed by atoms with E-state index in [1.807, 2.05) is 19.4 Å². The molecule has 0 saturated carbocycles. The molecule has 0 spiro atoms. The van der Waals surface area contributed by atoms with Crippen molar-refractivity contribution in [3.05, 3.63) is 41.0 Å². The van der Waals surface area contributed by atoms with E-state index in [2.05, 4.69) is 81.4 Å². The Morgan fingerprint density at radius 1 is 1.12 bits per heavy atom. The molecule has 2 heterocycles. The largest absolute Gasteiger partial charge is 0.348 e. The van der Waals surface area contributed by atoms with E-state index < -0.39 is 6.04 Å². The topological polar surface area (TPSA) is 74.3 Å². The van der Waals surface area contributed by atoms with Crippen molar-refractivity contribution >= 4 is 23.2 Å². The maximum Gasteiger partial charge on any atom is 0.243 e. The van der Waals surface area contributed by atoms with Crippen molar-refractivity contribution in [2.75, 3.05) is 6.54 Å². The fraction of sp³-hybridized carbons (Fsp3) is 0.593. The van der Waals surface area contributed by atoms with E-state index in [-0.39, 0.29) is 34.9 Å². The summed E-state index contributed by atoms with van der Waals surface area (Å²) in [5.74, 6) is -0.0684. The van der Waals surface area contributed by atoms with Crippen molar-refractivity contribution < 1.29 is 9.59 Å². The lowest BCUT2D eigenvalue weighted by molar-refractivity contribution is -0.142. The number of hydrogen-bond donors (Lipinski definition) is 2. The SMILES string of the molecule is Cc1ncsc1-c1ccc(C(C)NC(=O)[C@H]2CCCN2C(=O)[C@H](NC(C)(C)C)C(C)(C)C)cc1. The summed E-state index contributed by atoms with van der Waals surface area (Å²) in [6.07, 6.45) is 1.54. The van der Waals surface area contributed by atoms with Crippen LogP contribution in [0.25, 0.3) is 10.4 Å². The number of rotatable bonds is 6. The van der Waals surface area contributed by atoms with Gasteiger partial charge in [-0.05, 0) is 64.0 Å². The third-order valence-corrected chi connectivity index (χ3v) is 7.28. The predicted molar refractivity (Wildman–Crippen MR) is 140 cm³/mol. The van der Waals surface area contributed by atoms with Gasteiger partial charge in [-0.25, -0.2) is 4.98 Å². The number of benzene rings is 1. The molecule has 3 rings (SSSR count). The molecule has 1 fully saturated rings. The number of hydrogen-bond acceptors (Lipinski definition) is 5. The van der Waals surface area contributed by atoms with Crippen LogP contribution in [0.4, 0.5) is 0 Å². The van der Waals surface area contributed by atoms with Gasteiger partial charge >= 0.3 is 0 Å². The minimum atomic E-state index is -0.430. The molecule has 1 aliphatic rings. The molecule has 2 aromatic rings. The molecule has 1 aliphatic heterocycles. The van der Waals surface area contributed by atoms with Crippen molar-refractivity contribution in [3.8, 4) is 10.4 Å². The highest BCUT2D eigenvalue weighted by molar-refractivity contribution is 7.13. The maximum atomic E-state index is 13.6. The monoisotopic (exact) mass is 484 g/mol. The first-order valence-corrected chi connectivity index (χ1v) is 13.0. The lowest BCUT2D eigenvalue weighted by Gasteiger charge is -2.39. The fourth-order valence-corrected chi connectivity index (χ4v) is 5.26. The molecule has 3 atom stereocenters. The molecule has 0 radical (unpaired) electrons. The van der Waals surface area contributed by atoms with Gasteiger partial charge in [-0.2, -0.15) is 0 Å². The van der Waals surface area contributed by atoms with Crippen LogP contribution >= 0.6 is 11.3 Å². The number of nitrogens with zero attached hydrogens (tertiary/aromatic N) is 2. The Labute approximate surface area is 208 Å². The summed E-state index contributed by atoms with van der Waals surface area (Å²) in [6, 6.07) is 7.33. The Morgan fingerprint density at radius 3 is 2.29 bits per heavy atom. The van der Waals surface area contributed by atoms with Crippen molar-refractivity contribution in [1.82, 2.24) is 20.5 Å². The van der Waals surface area contributed by atoms with Crippen molar-refractivity contribution in [2.24, 2.45) is 5.41 Å². The number of carbonyl (C=O) groups excluding carboxylic acids is 2. The van der Waals surface area contributed by atoms with E-state index in [0.717, 1.165) is 23.2 Å². The van der Waals surface area contributed by atoms with E-state index in [9.17, 15) is 9.59 Å². The molecule has 2 N–H and O–H groups in total. The molecule has 2 amide bonds. The number of thiazole rings is 1. The smallest absolute Gasteiger partial charge is 0.243 e. The third-order valence-electron chi connectivity index (χ3n) is 6.31. The van der Waals surface area contributed by atoms with Crippen LogP contribution in [-0.4, -0.2) is 45.9 Å². The van der Waals surface area contributed by atoms with E-state index in [0.29, 0.717) is 13.0 Å². The number of nitrogens with one attached hydrogen (secondary N) is 2. The summed E-state index contributed by atoms with van der Waals surface area (Å²) in [5, 5.41) is 6.64. The highest BCUT2D eigenvalue weighted by Crippen LogP contribution is 2.29. The van der Waals surface area contributed by atoms with Gasteiger partial charge in [0.15, 0.2) is 0 Å². The summed E-state index contributed by atoms with van der Waals surface area (Å²) < 4.78 is 0. The average molecular weight is 485 g/mol. The average Bonchev–Trinajstić information content (AvgIpc) is 3.39. The molecule has 6 nitrogen and oxygen atoms in total. The molecule has 0 bridgehead atoms. The number of likely N-dealkylation sites (tertiary alicyclic amines) is 1. The predicted octanol–water partition coefficient (Wildman–Crippen LogP) is 5.09. The van der Waals surface area contributed by atoms with E-state index in [1.165, 1.54) is 4.88 Å². The highest BCUT2D eigenvalue weighted by atomic mass is 32.1. The second kappa shape index (κ2) is 10.2. The number of amides is 2. The van der Waals surface area contributed by atoms with Gasteiger partial charge in [-0.15, -0.1) is 11.3 Å². The van der Waals surface area contributed by atoms with Crippen LogP contribution in [0.1, 0.15) is 78.6 Å². The molecule has 186 valence electrons. The highest BCUT2D eigenvalue weighted by Gasteiger charge is 2.42. The Bertz CT molecular complexity index is 1000. The molecule has 1 saturated heterocycles. The maximum absolute atomic E-state index is 13.6. The Hall–Kier alpha value is -2.25. The molecule has 1 unspecified atom stereocenters. The second-order valence-electron chi connectivity index (χ2n) is 11.5. The second-order valence-corrected chi connectivity index (χ2v) is 12.4. The molecule has 1 aromatic carbocycles. The normalized spacial score (nSPS) is 18.6. The summed E-state index contributed by atoms with van der Waals surface area (Å²) >= 11 is 1.63. The molecule has 1 aromatic heterocycles. The standard InChI is InChI=1S/C27H40N4O2S/c1-17(19-11-13-20(14-12-19)22-18(2)28-16-34-22)29-24(32)21-10-9-15-31(21)25(33)23(26(3,4)5)30-27(6,7)8/h11-14,16-17,21,23,30H,9-10,15H2,1-8H3,(H,29,32)/t17?,21-,23+/m1/s1. The Morgan fingerprint density at radius 2 is 1.76 bits per heavy atom. The van der Waals surface area contributed by atoms with Crippen LogP contribution < -0.4 is 10.6 Å². The zero-order valence-corrected chi connectivity index (χ0v) is 22.7. The van der Waals surface area contributed by atoms with Gasteiger partial charge in [-0.1, -0.05) is 45.0 Å². The van der Waals surface area contributed by atoms with E-state index in [4.69, 9.17) is 0 Å². The van der Waals surface area contributed by atoms with Crippen LogP contribution in [0.2, 0.25) is 0 Å². The Balaban J connectivity index is 1.70. The van der Waals surface area contributed by atoms with Gasteiger partial charge in [0.2, 0.25) is 11.8 Å². The number of carbonyl (C=O) groups is 2. The minimum Gasteiger partial charge on any atom is -0.348 e. The van der Waals surface area contributed by atoms with Crippen LogP contribution in [0.5, 0.6) is 0 Å². The van der Waals surface area contributed by atoms with Crippen LogP contribution in [0, 0.1) is 12.3 Å². The number of aromatic nitrogens is 1. The van der Waals surface area contributed by atoms with Gasteiger partial charge in [0.1, 0.15) is 6.04 Å². The van der Waals surface area contributed by atoms with E-state index in [1.54, 1.807) is 16.2 Å². The molecular formula is C27H40N4O2S. The van der Waals surface area contributed by atoms with Crippen molar-refractivity contribution in [1.29, 1.82) is 0 Å². The number of aryl methyl sites for hydroxylation is 1. The van der Waals surface area contributed by atoms with Gasteiger partial charge in [0.05, 0.1) is 28.2 Å². The molecule has 0 aliphatic carbocycles. The van der Waals surface area contributed by atoms with Gasteiger partial charge in [-0.3, -0.25) is 9.59 Å². The summed E-state index contributed by atoms with van der Waals surface area (Å²) in [7, 11) is 0. The fourth-order valence-electron chi connectivity index (χ4n) is 4.45. The first-order chi connectivity index (χ1) is 15.8. The molecule has 7 heteroatoms. The van der Waals surface area contributed by atoms with Gasteiger partial charge in [0, 0.05) is 12.1 Å². The van der Waals surface area contributed by atoms with Crippen molar-refractivity contribution in [2.45, 2.75) is 91.9 Å². The lowest BCUT2D eigenvalue weighted by Crippen LogP contribution is -2.60. The van der Waals surface area contributed by atoms with Crippen LogP contribution in [0.3, 0.4) is 0 Å². The minimum absolute atomic E-state index is 0.0111. The van der Waals surface area contributed by atoms with Crippen LogP contribution in [-0.2, 0) is 9.59 Å². The summed E-state index contributed by atoms with van der Waals surface area (Å²) in [5.41, 5.74) is 4.59. The first-order valence-electron chi connectivity index (χ1n) is 12.2. The zero-order valence-electron chi connectivity index (χ0n) is 21.9. The van der Waals surface area contributed by atoms with E-state index >= 15 is 0 Å². The first kappa shape index (κ1) is 26.4. The Kier molecular flexibility index (Phi) is 7.88.